The van der Waals surface area contributed by atoms with Gasteiger partial charge in [0, 0.05) is 21.0 Å². The van der Waals surface area contributed by atoms with Crippen LogP contribution in [0.5, 0.6) is 0 Å². The molecule has 36 heavy (non-hydrogen) atoms. The van der Waals surface area contributed by atoms with E-state index in [0.717, 1.165) is 20.5 Å². The van der Waals surface area contributed by atoms with Crippen LogP contribution < -0.4 is 14.9 Å². The lowest BCUT2D eigenvalue weighted by atomic mass is 9.96. The molecule has 0 radical (unpaired) electrons. The molecule has 0 aliphatic carbocycles. The van der Waals surface area contributed by atoms with Crippen LogP contribution in [0.1, 0.15) is 24.3 Å². The molecule has 2 aromatic heterocycles. The molecular weight excluding hydrogens is 560 g/mol. The largest absolute Gasteiger partial charge is 0.466 e. The Morgan fingerprint density at radius 1 is 1.14 bits per heavy atom. The van der Waals surface area contributed by atoms with Crippen molar-refractivity contribution in [3.63, 3.8) is 0 Å². The van der Waals surface area contributed by atoms with Gasteiger partial charge < -0.3 is 9.15 Å². The molecule has 0 bridgehead atoms. The van der Waals surface area contributed by atoms with Crippen molar-refractivity contribution >= 4 is 51.1 Å². The molecule has 0 N–H and O–H groups in total. The Kier molecular flexibility index (Phi) is 6.87. The van der Waals surface area contributed by atoms with Gasteiger partial charge in [0.05, 0.1) is 29.0 Å². The van der Waals surface area contributed by atoms with Crippen molar-refractivity contribution in [3.05, 3.63) is 107 Å². The Hall–Kier alpha value is -3.14. The molecule has 1 aliphatic rings. The summed E-state index contributed by atoms with van der Waals surface area (Å²) in [5.74, 6) is 0.759. The van der Waals surface area contributed by atoms with Crippen LogP contribution in [0.2, 0.25) is 0 Å². The number of benzene rings is 2. The number of esters is 1. The van der Waals surface area contributed by atoms with E-state index in [9.17, 15) is 9.59 Å². The summed E-state index contributed by atoms with van der Waals surface area (Å²) >= 11 is 6.33. The molecule has 1 unspecified atom stereocenters. The molecule has 2 aromatic carbocycles. The summed E-state index contributed by atoms with van der Waals surface area (Å²) in [4.78, 5) is 32.6. The summed E-state index contributed by atoms with van der Waals surface area (Å²) in [5.41, 5.74) is 2.39. The van der Waals surface area contributed by atoms with Crippen molar-refractivity contribution in [2.45, 2.75) is 17.9 Å². The molecule has 0 spiro atoms. The zero-order valence-corrected chi connectivity index (χ0v) is 22.9. The van der Waals surface area contributed by atoms with Gasteiger partial charge in [0.2, 0.25) is 0 Å². The molecule has 1 atom stereocenters. The van der Waals surface area contributed by atoms with Crippen LogP contribution in [0, 0.1) is 0 Å². The number of carbonyl (C=O) groups is 1. The zero-order valence-electron chi connectivity index (χ0n) is 19.7. The number of thiazole rings is 1. The van der Waals surface area contributed by atoms with Crippen molar-refractivity contribution < 1.29 is 13.9 Å². The van der Waals surface area contributed by atoms with E-state index in [4.69, 9.17) is 9.15 Å². The standard InChI is InChI=1S/C27H21BrN2O4S2/c1-15-23(26(32)33-2)24(17-6-11-20(35-3)12-7-17)30-25(31)22(36-27(30)29-15)14-19-10-13-21(34-19)16-4-8-18(28)9-5-16/h4-14,24H,1-3H3. The predicted octanol–water partition coefficient (Wildman–Crippen LogP) is 5.15. The average molecular weight is 582 g/mol. The molecule has 182 valence electrons. The van der Waals surface area contributed by atoms with E-state index in [2.05, 4.69) is 20.9 Å². The van der Waals surface area contributed by atoms with Crippen molar-refractivity contribution in [3.8, 4) is 11.3 Å². The van der Waals surface area contributed by atoms with E-state index in [1.165, 1.54) is 18.4 Å². The first-order valence-corrected chi connectivity index (χ1v) is 13.8. The van der Waals surface area contributed by atoms with Crippen molar-refractivity contribution in [1.82, 2.24) is 4.57 Å². The fraction of sp³-hybridized carbons (Fsp3) is 0.148. The highest BCUT2D eigenvalue weighted by molar-refractivity contribution is 9.10. The third kappa shape index (κ3) is 4.54. The molecule has 6 nitrogen and oxygen atoms in total. The van der Waals surface area contributed by atoms with Crippen LogP contribution in [-0.4, -0.2) is 23.9 Å². The van der Waals surface area contributed by atoms with Gasteiger partial charge >= 0.3 is 5.97 Å². The molecule has 0 saturated heterocycles. The minimum absolute atomic E-state index is 0.242. The Balaban J connectivity index is 1.63. The average Bonchev–Trinajstić information content (AvgIpc) is 3.47. The summed E-state index contributed by atoms with van der Waals surface area (Å²) < 4.78 is 14.1. The first-order chi connectivity index (χ1) is 17.4. The maximum Gasteiger partial charge on any atom is 0.338 e. The van der Waals surface area contributed by atoms with Gasteiger partial charge in [-0.2, -0.15) is 0 Å². The number of ether oxygens (including phenoxy) is 1. The molecule has 1 aliphatic heterocycles. The summed E-state index contributed by atoms with van der Waals surface area (Å²) in [6, 6.07) is 18.7. The van der Waals surface area contributed by atoms with Gasteiger partial charge in [0.25, 0.3) is 5.56 Å². The van der Waals surface area contributed by atoms with E-state index in [1.807, 2.05) is 66.9 Å². The maximum atomic E-state index is 13.7. The fourth-order valence-electron chi connectivity index (χ4n) is 4.12. The second kappa shape index (κ2) is 10.1. The van der Waals surface area contributed by atoms with E-state index in [-0.39, 0.29) is 5.56 Å². The van der Waals surface area contributed by atoms with Gasteiger partial charge in [-0.25, -0.2) is 9.79 Å². The lowest BCUT2D eigenvalue weighted by Gasteiger charge is -2.24. The van der Waals surface area contributed by atoms with Crippen LogP contribution in [0.25, 0.3) is 17.4 Å². The highest BCUT2D eigenvalue weighted by Gasteiger charge is 2.33. The summed E-state index contributed by atoms with van der Waals surface area (Å²) in [6.07, 6.45) is 3.72. The van der Waals surface area contributed by atoms with Crippen molar-refractivity contribution in [1.29, 1.82) is 0 Å². The smallest absolute Gasteiger partial charge is 0.338 e. The first kappa shape index (κ1) is 24.5. The predicted molar refractivity (Wildman–Crippen MR) is 146 cm³/mol. The normalized spacial score (nSPS) is 15.6. The highest BCUT2D eigenvalue weighted by atomic mass is 79.9. The summed E-state index contributed by atoms with van der Waals surface area (Å²) in [7, 11) is 1.33. The molecule has 0 fully saturated rings. The van der Waals surface area contributed by atoms with Crippen LogP contribution in [0.4, 0.5) is 0 Å². The van der Waals surface area contributed by atoms with Crippen LogP contribution in [0.3, 0.4) is 0 Å². The second-order valence-electron chi connectivity index (χ2n) is 8.06. The maximum absolute atomic E-state index is 13.7. The number of nitrogens with zero attached hydrogens (tertiary/aromatic N) is 2. The van der Waals surface area contributed by atoms with E-state index < -0.39 is 12.0 Å². The molecule has 0 saturated carbocycles. The van der Waals surface area contributed by atoms with Gasteiger partial charge in [-0.15, -0.1) is 11.8 Å². The number of methoxy groups -OCH3 is 1. The molecule has 9 heteroatoms. The number of carbonyl (C=O) groups excluding carboxylic acids is 1. The second-order valence-corrected chi connectivity index (χ2v) is 10.9. The summed E-state index contributed by atoms with van der Waals surface area (Å²) in [6.45, 7) is 1.77. The number of allylic oxidation sites excluding steroid dienone is 1. The third-order valence-corrected chi connectivity index (χ3v) is 8.14. The highest BCUT2D eigenvalue weighted by Crippen LogP contribution is 2.31. The molecule has 3 heterocycles. The Morgan fingerprint density at radius 2 is 1.86 bits per heavy atom. The molecule has 4 aromatic rings. The number of furan rings is 1. The topological polar surface area (TPSA) is 73.8 Å². The van der Waals surface area contributed by atoms with Crippen LogP contribution in [-0.2, 0) is 9.53 Å². The van der Waals surface area contributed by atoms with E-state index in [0.29, 0.717) is 32.1 Å². The van der Waals surface area contributed by atoms with Gasteiger partial charge in [-0.05, 0) is 55.1 Å². The number of halogens is 1. The van der Waals surface area contributed by atoms with Crippen molar-refractivity contribution in [2.75, 3.05) is 13.4 Å². The lowest BCUT2D eigenvalue weighted by molar-refractivity contribution is -0.136. The zero-order chi connectivity index (χ0) is 25.4. The number of rotatable bonds is 5. The van der Waals surface area contributed by atoms with Gasteiger partial charge in [-0.1, -0.05) is 51.5 Å². The third-order valence-electron chi connectivity index (χ3n) is 5.89. The fourth-order valence-corrected chi connectivity index (χ4v) is 5.82. The van der Waals surface area contributed by atoms with Gasteiger partial charge in [0.15, 0.2) is 4.80 Å². The van der Waals surface area contributed by atoms with Gasteiger partial charge in [-0.3, -0.25) is 9.36 Å². The molecule has 0 amide bonds. The Morgan fingerprint density at radius 3 is 2.53 bits per heavy atom. The Labute approximate surface area is 223 Å². The van der Waals surface area contributed by atoms with Gasteiger partial charge in [0.1, 0.15) is 11.5 Å². The number of thioether (sulfide) groups is 1. The molecule has 5 rings (SSSR count). The lowest BCUT2D eigenvalue weighted by Crippen LogP contribution is -2.39. The first-order valence-electron chi connectivity index (χ1n) is 11.0. The number of fused-ring (bicyclic) bond motifs is 1. The van der Waals surface area contributed by atoms with E-state index in [1.54, 1.807) is 29.3 Å². The quantitative estimate of drug-likeness (QED) is 0.241. The number of hydrogen-bond donors (Lipinski definition) is 0. The monoisotopic (exact) mass is 580 g/mol. The number of aromatic nitrogens is 1. The summed E-state index contributed by atoms with van der Waals surface area (Å²) in [5, 5.41) is 0. The Bertz CT molecular complexity index is 1660. The minimum Gasteiger partial charge on any atom is -0.466 e. The number of hydrogen-bond acceptors (Lipinski definition) is 7. The van der Waals surface area contributed by atoms with Crippen LogP contribution >= 0.6 is 39.0 Å². The SMILES string of the molecule is COC(=O)C1=C(C)N=c2sc(=Cc3ccc(-c4ccc(Br)cc4)o3)c(=O)n2C1c1ccc(SC)cc1. The van der Waals surface area contributed by atoms with E-state index >= 15 is 0 Å². The minimum atomic E-state index is -0.637. The van der Waals surface area contributed by atoms with Crippen molar-refractivity contribution in [2.24, 2.45) is 4.99 Å². The molecular formula is C27H21BrN2O4S2. The van der Waals surface area contributed by atoms with Crippen LogP contribution in [0.15, 0.2) is 95.5 Å².